The number of halogens is 2. The number of alkyl halides is 1. The van der Waals surface area contributed by atoms with Crippen LogP contribution >= 0.6 is 23.2 Å². The lowest BCUT2D eigenvalue weighted by Gasteiger charge is -2.02. The summed E-state index contributed by atoms with van der Waals surface area (Å²) in [4.78, 5) is 20.6. The van der Waals surface area contributed by atoms with E-state index in [9.17, 15) is 9.59 Å². The molecule has 0 aromatic heterocycles. The molecule has 62 valence electrons. The summed E-state index contributed by atoms with van der Waals surface area (Å²) >= 11 is 10.3. The summed E-state index contributed by atoms with van der Waals surface area (Å²) in [6, 6.07) is 0. The van der Waals surface area contributed by atoms with Crippen LogP contribution in [0.1, 0.15) is 0 Å². The van der Waals surface area contributed by atoms with Crippen LogP contribution in [0.3, 0.4) is 0 Å². The van der Waals surface area contributed by atoms with E-state index in [2.05, 4.69) is 11.3 Å². The van der Waals surface area contributed by atoms with Gasteiger partial charge in [-0.05, 0) is 11.6 Å². The Kier molecular flexibility index (Phi) is 4.90. The highest BCUT2D eigenvalue weighted by Gasteiger charge is 2.13. The maximum absolute atomic E-state index is 10.4. The van der Waals surface area contributed by atoms with E-state index in [-0.39, 0.29) is 6.61 Å². The van der Waals surface area contributed by atoms with Gasteiger partial charge in [-0.3, -0.25) is 4.79 Å². The molecular weight excluding hydrogens is 191 g/mol. The average molecular weight is 197 g/mol. The van der Waals surface area contributed by atoms with E-state index in [0.29, 0.717) is 0 Å². The van der Waals surface area contributed by atoms with E-state index in [1.165, 1.54) is 0 Å². The SMILES string of the molecule is C=CC(=O)OCC(Cl)C(=O)Cl. The van der Waals surface area contributed by atoms with Gasteiger partial charge >= 0.3 is 5.97 Å². The third-order valence-electron chi connectivity index (χ3n) is 0.785. The van der Waals surface area contributed by atoms with E-state index in [0.717, 1.165) is 6.08 Å². The van der Waals surface area contributed by atoms with Gasteiger partial charge in [-0.15, -0.1) is 11.6 Å². The zero-order valence-electron chi connectivity index (χ0n) is 5.55. The van der Waals surface area contributed by atoms with Crippen molar-refractivity contribution < 1.29 is 14.3 Å². The van der Waals surface area contributed by atoms with E-state index >= 15 is 0 Å². The lowest BCUT2D eigenvalue weighted by Crippen LogP contribution is -2.17. The minimum absolute atomic E-state index is 0.227. The number of hydrogen-bond donors (Lipinski definition) is 0. The quantitative estimate of drug-likeness (QED) is 0.293. The highest BCUT2D eigenvalue weighted by atomic mass is 35.5. The molecule has 0 aliphatic heterocycles. The van der Waals surface area contributed by atoms with Crippen molar-refractivity contribution in [1.29, 1.82) is 0 Å². The van der Waals surface area contributed by atoms with Gasteiger partial charge in [-0.2, -0.15) is 0 Å². The Morgan fingerprint density at radius 3 is 2.55 bits per heavy atom. The molecule has 0 radical (unpaired) electrons. The molecule has 3 nitrogen and oxygen atoms in total. The van der Waals surface area contributed by atoms with E-state index in [1.54, 1.807) is 0 Å². The van der Waals surface area contributed by atoms with Crippen molar-refractivity contribution in [3.05, 3.63) is 12.7 Å². The number of hydrogen-bond acceptors (Lipinski definition) is 3. The van der Waals surface area contributed by atoms with Gasteiger partial charge in [0.1, 0.15) is 12.0 Å². The first-order chi connectivity index (χ1) is 5.07. The second kappa shape index (κ2) is 5.16. The number of esters is 1. The summed E-state index contributed by atoms with van der Waals surface area (Å²) in [6.45, 7) is 2.92. The van der Waals surface area contributed by atoms with Crippen molar-refractivity contribution in [2.75, 3.05) is 6.61 Å². The first-order valence-corrected chi connectivity index (χ1v) is 3.52. The number of rotatable bonds is 4. The molecule has 1 unspecified atom stereocenters. The first kappa shape index (κ1) is 10.5. The maximum atomic E-state index is 10.4. The van der Waals surface area contributed by atoms with Crippen molar-refractivity contribution in [1.82, 2.24) is 0 Å². The second-order valence-electron chi connectivity index (χ2n) is 1.61. The van der Waals surface area contributed by atoms with Crippen molar-refractivity contribution in [2.45, 2.75) is 5.38 Å². The third kappa shape index (κ3) is 4.81. The van der Waals surface area contributed by atoms with Gasteiger partial charge in [-0.25, -0.2) is 4.79 Å². The van der Waals surface area contributed by atoms with Crippen LogP contribution in [0.15, 0.2) is 12.7 Å². The minimum Gasteiger partial charge on any atom is -0.460 e. The Morgan fingerprint density at radius 2 is 2.18 bits per heavy atom. The summed E-state index contributed by atoms with van der Waals surface area (Å²) in [7, 11) is 0. The van der Waals surface area contributed by atoms with Crippen molar-refractivity contribution in [3.63, 3.8) is 0 Å². The standard InChI is InChI=1S/C6H6Cl2O3/c1-2-5(9)11-3-4(7)6(8)10/h2,4H,1,3H2. The summed E-state index contributed by atoms with van der Waals surface area (Å²) < 4.78 is 4.42. The van der Waals surface area contributed by atoms with Crippen LogP contribution in [0.25, 0.3) is 0 Å². The van der Waals surface area contributed by atoms with Crippen LogP contribution in [-0.4, -0.2) is 23.2 Å². The van der Waals surface area contributed by atoms with Crippen molar-refractivity contribution in [2.24, 2.45) is 0 Å². The van der Waals surface area contributed by atoms with Gasteiger partial charge in [0.15, 0.2) is 0 Å². The van der Waals surface area contributed by atoms with E-state index in [1.807, 2.05) is 0 Å². The second-order valence-corrected chi connectivity index (χ2v) is 2.51. The van der Waals surface area contributed by atoms with Crippen LogP contribution in [0.2, 0.25) is 0 Å². The Balaban J connectivity index is 3.62. The molecule has 0 amide bonds. The molecule has 0 fully saturated rings. The molecule has 0 bridgehead atoms. The Morgan fingerprint density at radius 1 is 1.64 bits per heavy atom. The normalized spacial score (nSPS) is 11.8. The average Bonchev–Trinajstić information content (AvgIpc) is 1.99. The molecular formula is C6H6Cl2O3. The molecule has 1 atom stereocenters. The largest absolute Gasteiger partial charge is 0.460 e. The fourth-order valence-electron chi connectivity index (χ4n) is 0.280. The number of ether oxygens (including phenoxy) is 1. The maximum Gasteiger partial charge on any atom is 0.330 e. The summed E-state index contributed by atoms with van der Waals surface area (Å²) in [5.74, 6) is -0.631. The molecule has 0 aliphatic carbocycles. The molecule has 0 heterocycles. The van der Waals surface area contributed by atoms with Gasteiger partial charge in [0, 0.05) is 6.08 Å². The molecule has 0 spiro atoms. The molecule has 0 saturated heterocycles. The molecule has 0 rings (SSSR count). The van der Waals surface area contributed by atoms with Gasteiger partial charge < -0.3 is 4.74 Å². The lowest BCUT2D eigenvalue weighted by atomic mass is 10.5. The summed E-state index contributed by atoms with van der Waals surface area (Å²) in [6.07, 6.45) is 0.975. The number of carbonyl (C=O) groups is 2. The first-order valence-electron chi connectivity index (χ1n) is 2.70. The topological polar surface area (TPSA) is 43.4 Å². The lowest BCUT2D eigenvalue weighted by molar-refractivity contribution is -0.138. The van der Waals surface area contributed by atoms with Crippen LogP contribution in [0, 0.1) is 0 Å². The number of carbonyl (C=O) groups excluding carboxylic acids is 2. The zero-order chi connectivity index (χ0) is 8.85. The highest BCUT2D eigenvalue weighted by Crippen LogP contribution is 2.01. The predicted octanol–water partition coefficient (Wildman–Crippen LogP) is 1.09. The van der Waals surface area contributed by atoms with Crippen molar-refractivity contribution >= 4 is 34.4 Å². The van der Waals surface area contributed by atoms with Gasteiger partial charge in [0.25, 0.3) is 0 Å². The Bertz CT molecular complexity index is 179. The predicted molar refractivity (Wildman–Crippen MR) is 41.7 cm³/mol. The van der Waals surface area contributed by atoms with Gasteiger partial charge in [-0.1, -0.05) is 6.58 Å². The molecule has 0 N–H and O–H groups in total. The fraction of sp³-hybridized carbons (Fsp3) is 0.333. The van der Waals surface area contributed by atoms with Crippen LogP contribution in [0.5, 0.6) is 0 Å². The minimum atomic E-state index is -0.986. The summed E-state index contributed by atoms with van der Waals surface area (Å²) in [5, 5.41) is -1.73. The van der Waals surface area contributed by atoms with Crippen LogP contribution < -0.4 is 0 Å². The molecule has 0 aromatic rings. The monoisotopic (exact) mass is 196 g/mol. The molecule has 0 saturated carbocycles. The molecule has 0 aliphatic rings. The van der Waals surface area contributed by atoms with Crippen LogP contribution in [-0.2, 0) is 14.3 Å². The van der Waals surface area contributed by atoms with Gasteiger partial charge in [0.2, 0.25) is 5.24 Å². The van der Waals surface area contributed by atoms with Crippen LogP contribution in [0.4, 0.5) is 0 Å². The van der Waals surface area contributed by atoms with Crippen molar-refractivity contribution in [3.8, 4) is 0 Å². The van der Waals surface area contributed by atoms with E-state index in [4.69, 9.17) is 23.2 Å². The molecule has 0 aromatic carbocycles. The fourth-order valence-corrected chi connectivity index (χ4v) is 0.406. The zero-order valence-corrected chi connectivity index (χ0v) is 7.06. The third-order valence-corrected chi connectivity index (χ3v) is 1.48. The molecule has 11 heavy (non-hydrogen) atoms. The smallest absolute Gasteiger partial charge is 0.330 e. The van der Waals surface area contributed by atoms with E-state index < -0.39 is 16.6 Å². The highest BCUT2D eigenvalue weighted by molar-refractivity contribution is 6.69. The summed E-state index contributed by atoms with van der Waals surface area (Å²) in [5.41, 5.74) is 0. The Labute approximate surface area is 73.9 Å². The van der Waals surface area contributed by atoms with Gasteiger partial charge in [0.05, 0.1) is 0 Å². The Hall–Kier alpha value is -0.540. The molecule has 5 heteroatoms.